The van der Waals surface area contributed by atoms with Crippen molar-refractivity contribution < 1.29 is 9.59 Å². The largest absolute Gasteiger partial charge is 0.318 e. The van der Waals surface area contributed by atoms with E-state index in [-0.39, 0.29) is 11.4 Å². The summed E-state index contributed by atoms with van der Waals surface area (Å²) in [4.78, 5) is 30.2. The van der Waals surface area contributed by atoms with Crippen LogP contribution in [-0.2, 0) is 14.1 Å². The average Bonchev–Trinajstić information content (AvgIpc) is 3.35. The Hall–Kier alpha value is -4.02. The Kier molecular flexibility index (Phi) is 4.57. The van der Waals surface area contributed by atoms with Crippen LogP contribution in [0.3, 0.4) is 0 Å². The fourth-order valence-electron chi connectivity index (χ4n) is 3.22. The summed E-state index contributed by atoms with van der Waals surface area (Å²) in [5, 5.41) is 18.0. The Bertz CT molecular complexity index is 1300. The number of nitrogens with zero attached hydrogens (tertiary/aromatic N) is 7. The van der Waals surface area contributed by atoms with Gasteiger partial charge in [-0.2, -0.15) is 15.3 Å². The van der Waals surface area contributed by atoms with Crippen molar-refractivity contribution in [3.05, 3.63) is 53.0 Å². The molecular formula is C19H21N9O2. The van der Waals surface area contributed by atoms with Gasteiger partial charge in [0, 0.05) is 25.5 Å². The summed E-state index contributed by atoms with van der Waals surface area (Å²) in [6, 6.07) is 1.88. The van der Waals surface area contributed by atoms with Crippen LogP contribution in [0.2, 0.25) is 0 Å². The van der Waals surface area contributed by atoms with Crippen molar-refractivity contribution in [1.82, 2.24) is 34.2 Å². The zero-order valence-electron chi connectivity index (χ0n) is 17.3. The Balaban J connectivity index is 1.63. The summed E-state index contributed by atoms with van der Waals surface area (Å²) < 4.78 is 4.66. The first-order valence-electron chi connectivity index (χ1n) is 9.21. The Morgan fingerprint density at radius 1 is 0.867 bits per heavy atom. The molecule has 11 heteroatoms. The highest BCUT2D eigenvalue weighted by atomic mass is 16.2. The number of rotatable bonds is 4. The van der Waals surface area contributed by atoms with Crippen LogP contribution in [0.25, 0.3) is 5.65 Å². The van der Waals surface area contributed by atoms with Crippen molar-refractivity contribution in [2.24, 2.45) is 14.1 Å². The molecule has 0 fully saturated rings. The van der Waals surface area contributed by atoms with Gasteiger partial charge >= 0.3 is 0 Å². The predicted octanol–water partition coefficient (Wildman–Crippen LogP) is 1.63. The predicted molar refractivity (Wildman–Crippen MR) is 110 cm³/mol. The first kappa shape index (κ1) is 19.3. The van der Waals surface area contributed by atoms with Crippen molar-refractivity contribution in [1.29, 1.82) is 0 Å². The van der Waals surface area contributed by atoms with Crippen LogP contribution >= 0.6 is 0 Å². The molecule has 2 amide bonds. The topological polar surface area (TPSA) is 124 Å². The van der Waals surface area contributed by atoms with Gasteiger partial charge in [-0.05, 0) is 26.8 Å². The zero-order chi connectivity index (χ0) is 21.6. The number of nitrogens with one attached hydrogen (secondary N) is 2. The molecule has 11 nitrogen and oxygen atoms in total. The third-order valence-corrected chi connectivity index (χ3v) is 4.91. The van der Waals surface area contributed by atoms with Gasteiger partial charge < -0.3 is 10.6 Å². The standard InChI is InChI=1S/C19H21N9O2/c1-10-6-11(2)28-17(23-10)13(7-22-28)18(29)25-15-9-21-27(5)16(15)19(30)24-14-8-20-26(4)12(14)3/h6-9H,1-5H3,(H,24,30)(H,25,29). The lowest BCUT2D eigenvalue weighted by Crippen LogP contribution is -2.20. The van der Waals surface area contributed by atoms with Crippen molar-refractivity contribution in [3.63, 3.8) is 0 Å². The monoisotopic (exact) mass is 407 g/mol. The van der Waals surface area contributed by atoms with Crippen LogP contribution in [0.5, 0.6) is 0 Å². The van der Waals surface area contributed by atoms with Gasteiger partial charge in [0.25, 0.3) is 11.8 Å². The smallest absolute Gasteiger partial charge is 0.276 e. The highest BCUT2D eigenvalue weighted by Crippen LogP contribution is 2.20. The van der Waals surface area contributed by atoms with E-state index >= 15 is 0 Å². The number of hydrogen-bond donors (Lipinski definition) is 2. The normalized spacial score (nSPS) is 11.1. The molecule has 154 valence electrons. The fourth-order valence-corrected chi connectivity index (χ4v) is 3.22. The lowest BCUT2D eigenvalue weighted by molar-refractivity contribution is 0.101. The number of fused-ring (bicyclic) bond motifs is 1. The molecule has 0 aromatic carbocycles. The molecule has 2 N–H and O–H groups in total. The van der Waals surface area contributed by atoms with E-state index in [1.54, 1.807) is 29.5 Å². The van der Waals surface area contributed by atoms with E-state index in [9.17, 15) is 9.59 Å². The van der Waals surface area contributed by atoms with Gasteiger partial charge in [0.15, 0.2) is 5.65 Å². The first-order valence-corrected chi connectivity index (χ1v) is 9.21. The van der Waals surface area contributed by atoms with E-state index in [1.807, 2.05) is 26.8 Å². The van der Waals surface area contributed by atoms with E-state index in [1.165, 1.54) is 17.1 Å². The maximum Gasteiger partial charge on any atom is 0.276 e. The van der Waals surface area contributed by atoms with Crippen LogP contribution < -0.4 is 10.6 Å². The summed E-state index contributed by atoms with van der Waals surface area (Å²) in [5.41, 5.74) is 4.28. The minimum Gasteiger partial charge on any atom is -0.318 e. The van der Waals surface area contributed by atoms with Crippen LogP contribution in [0, 0.1) is 20.8 Å². The molecule has 4 aromatic rings. The van der Waals surface area contributed by atoms with E-state index < -0.39 is 11.8 Å². The molecule has 0 saturated heterocycles. The molecule has 0 aliphatic rings. The van der Waals surface area contributed by atoms with Crippen molar-refractivity contribution in [2.45, 2.75) is 20.8 Å². The zero-order valence-corrected chi connectivity index (χ0v) is 17.3. The summed E-state index contributed by atoms with van der Waals surface area (Å²) >= 11 is 0. The Morgan fingerprint density at radius 2 is 1.53 bits per heavy atom. The minimum absolute atomic E-state index is 0.211. The summed E-state index contributed by atoms with van der Waals surface area (Å²) in [6.07, 6.45) is 4.45. The van der Waals surface area contributed by atoms with Gasteiger partial charge in [0.05, 0.1) is 35.7 Å². The molecule has 30 heavy (non-hydrogen) atoms. The Morgan fingerprint density at radius 3 is 2.23 bits per heavy atom. The number of carbonyl (C=O) groups is 2. The van der Waals surface area contributed by atoms with E-state index in [0.717, 1.165) is 17.1 Å². The number of aryl methyl sites for hydroxylation is 4. The maximum absolute atomic E-state index is 12.9. The molecule has 4 rings (SSSR count). The molecule has 4 heterocycles. The highest BCUT2D eigenvalue weighted by Gasteiger charge is 2.22. The van der Waals surface area contributed by atoms with Crippen LogP contribution in [0.4, 0.5) is 11.4 Å². The molecule has 0 aliphatic heterocycles. The maximum atomic E-state index is 12.9. The second-order valence-electron chi connectivity index (χ2n) is 7.04. The van der Waals surface area contributed by atoms with Crippen LogP contribution in [0.1, 0.15) is 37.9 Å². The van der Waals surface area contributed by atoms with Gasteiger partial charge in [0.2, 0.25) is 0 Å². The van der Waals surface area contributed by atoms with E-state index in [0.29, 0.717) is 16.9 Å². The van der Waals surface area contributed by atoms with Gasteiger partial charge in [-0.15, -0.1) is 0 Å². The van der Waals surface area contributed by atoms with E-state index in [4.69, 9.17) is 0 Å². The van der Waals surface area contributed by atoms with Gasteiger partial charge in [-0.3, -0.25) is 19.0 Å². The summed E-state index contributed by atoms with van der Waals surface area (Å²) in [5.74, 6) is -0.840. The second-order valence-corrected chi connectivity index (χ2v) is 7.04. The summed E-state index contributed by atoms with van der Waals surface area (Å²) in [7, 11) is 3.42. The molecule has 0 bridgehead atoms. The molecule has 4 aromatic heterocycles. The third kappa shape index (κ3) is 3.19. The van der Waals surface area contributed by atoms with Gasteiger partial charge in [-0.1, -0.05) is 0 Å². The molecule has 0 unspecified atom stereocenters. The molecule has 0 atom stereocenters. The molecule has 0 aliphatic carbocycles. The van der Waals surface area contributed by atoms with Crippen molar-refractivity contribution in [2.75, 3.05) is 10.6 Å². The number of carbonyl (C=O) groups excluding carboxylic acids is 2. The molecule has 0 spiro atoms. The van der Waals surface area contributed by atoms with Crippen molar-refractivity contribution >= 4 is 28.8 Å². The van der Waals surface area contributed by atoms with Crippen LogP contribution in [-0.4, -0.2) is 46.0 Å². The third-order valence-electron chi connectivity index (χ3n) is 4.91. The van der Waals surface area contributed by atoms with Crippen molar-refractivity contribution in [3.8, 4) is 0 Å². The first-order chi connectivity index (χ1) is 14.3. The molecule has 0 saturated carbocycles. The van der Waals surface area contributed by atoms with E-state index in [2.05, 4.69) is 30.9 Å². The molecule has 0 radical (unpaired) electrons. The number of hydrogen-bond acceptors (Lipinski definition) is 6. The lowest BCUT2D eigenvalue weighted by atomic mass is 10.2. The summed E-state index contributed by atoms with van der Waals surface area (Å²) in [6.45, 7) is 5.59. The number of anilines is 2. The van der Waals surface area contributed by atoms with Gasteiger partial charge in [-0.25, -0.2) is 9.50 Å². The fraction of sp³-hybridized carbons (Fsp3) is 0.263. The number of amides is 2. The minimum atomic E-state index is -0.429. The Labute approximate surface area is 171 Å². The molecular weight excluding hydrogens is 386 g/mol. The highest BCUT2D eigenvalue weighted by molar-refractivity contribution is 6.13. The SMILES string of the molecule is Cc1cc(C)n2ncc(C(=O)Nc3cnn(C)c3C(=O)Nc3cnn(C)c3C)c2n1. The number of aromatic nitrogens is 7. The van der Waals surface area contributed by atoms with Crippen LogP contribution in [0.15, 0.2) is 24.7 Å². The second kappa shape index (κ2) is 7.10. The average molecular weight is 407 g/mol. The lowest BCUT2D eigenvalue weighted by Gasteiger charge is -2.08. The quantitative estimate of drug-likeness (QED) is 0.530. The van der Waals surface area contributed by atoms with Gasteiger partial charge in [0.1, 0.15) is 11.3 Å².